The molecule has 0 aliphatic heterocycles. The summed E-state index contributed by atoms with van der Waals surface area (Å²) in [6, 6.07) is 49.9. The second-order valence-electron chi connectivity index (χ2n) is 10.6. The van der Waals surface area contributed by atoms with Gasteiger partial charge in [-0.05, 0) is 104 Å². The molecule has 216 valence electrons. The third kappa shape index (κ3) is 6.06. The van der Waals surface area contributed by atoms with Crippen LogP contribution in [0, 0.1) is 0 Å². The molecular formula is C40H34N2O2. The lowest BCUT2D eigenvalue weighted by atomic mass is 9.85. The summed E-state index contributed by atoms with van der Waals surface area (Å²) in [4.78, 5) is 0. The lowest BCUT2D eigenvalue weighted by Crippen LogP contribution is -1.98. The Morgan fingerprint density at radius 3 is 0.818 bits per heavy atom. The molecule has 0 fully saturated rings. The van der Waals surface area contributed by atoms with E-state index in [1.807, 2.05) is 48.5 Å². The van der Waals surface area contributed by atoms with E-state index in [1.54, 1.807) is 14.2 Å². The number of methoxy groups -OCH3 is 2. The average Bonchev–Trinajstić information content (AvgIpc) is 3.08. The Morgan fingerprint density at radius 1 is 0.341 bits per heavy atom. The number of rotatable bonds is 8. The molecule has 0 aliphatic rings. The van der Waals surface area contributed by atoms with Crippen molar-refractivity contribution in [2.24, 2.45) is 0 Å². The van der Waals surface area contributed by atoms with Gasteiger partial charge in [0.05, 0.1) is 14.2 Å². The highest BCUT2D eigenvalue weighted by atomic mass is 16.5. The van der Waals surface area contributed by atoms with Crippen molar-refractivity contribution in [2.45, 2.75) is 0 Å². The number of hydrogen-bond acceptors (Lipinski definition) is 4. The van der Waals surface area contributed by atoms with Gasteiger partial charge in [-0.15, -0.1) is 0 Å². The average molecular weight is 575 g/mol. The standard InChI is InChI=1S/C40H34N2O2/c1-43-37-23-15-33(16-24-37)40(34-17-25-38(44-2)26-18-34)39(31-7-3-27(4-8-31)29-11-19-35(41)20-12-29)32-9-5-28(6-10-32)30-13-21-36(42)22-14-30/h3-26H,41-42H2,1-2H3. The number of nitrogen functional groups attached to an aromatic ring is 2. The minimum Gasteiger partial charge on any atom is -0.497 e. The minimum absolute atomic E-state index is 0.752. The molecule has 0 aromatic heterocycles. The number of hydrogen-bond donors (Lipinski definition) is 2. The van der Waals surface area contributed by atoms with Gasteiger partial charge < -0.3 is 20.9 Å². The van der Waals surface area contributed by atoms with Gasteiger partial charge >= 0.3 is 0 Å². The summed E-state index contributed by atoms with van der Waals surface area (Å²) in [5.74, 6) is 1.62. The summed E-state index contributed by atoms with van der Waals surface area (Å²) in [6.45, 7) is 0. The molecule has 0 saturated heterocycles. The van der Waals surface area contributed by atoms with Crippen molar-refractivity contribution in [3.63, 3.8) is 0 Å². The highest BCUT2D eigenvalue weighted by molar-refractivity contribution is 6.05. The first kappa shape index (κ1) is 28.4. The molecule has 6 aromatic rings. The lowest BCUT2D eigenvalue weighted by molar-refractivity contribution is 0.414. The van der Waals surface area contributed by atoms with Crippen LogP contribution in [0.3, 0.4) is 0 Å². The van der Waals surface area contributed by atoms with Gasteiger partial charge in [-0.2, -0.15) is 0 Å². The molecule has 0 unspecified atom stereocenters. The van der Waals surface area contributed by atoms with Crippen molar-refractivity contribution in [2.75, 3.05) is 25.7 Å². The third-order valence-electron chi connectivity index (χ3n) is 7.84. The SMILES string of the molecule is COc1ccc(C(=C(c2ccc(-c3ccc(N)cc3)cc2)c2ccc(-c3ccc(N)cc3)cc2)c2ccc(OC)cc2)cc1. The van der Waals surface area contributed by atoms with E-state index in [2.05, 4.69) is 97.1 Å². The summed E-state index contributed by atoms with van der Waals surface area (Å²) in [6.07, 6.45) is 0. The predicted octanol–water partition coefficient (Wildman–Crippen LogP) is 9.21. The fourth-order valence-corrected chi connectivity index (χ4v) is 5.44. The molecule has 0 spiro atoms. The van der Waals surface area contributed by atoms with Gasteiger partial charge in [-0.1, -0.05) is 97.1 Å². The number of benzene rings is 6. The van der Waals surface area contributed by atoms with E-state index >= 15 is 0 Å². The Bertz CT molecular complexity index is 1730. The Labute approximate surface area is 258 Å². The van der Waals surface area contributed by atoms with Crippen LogP contribution in [0.5, 0.6) is 11.5 Å². The van der Waals surface area contributed by atoms with Crippen molar-refractivity contribution < 1.29 is 9.47 Å². The maximum absolute atomic E-state index is 5.94. The first-order valence-corrected chi connectivity index (χ1v) is 14.5. The first-order valence-electron chi connectivity index (χ1n) is 14.5. The van der Waals surface area contributed by atoms with E-state index < -0.39 is 0 Å². The van der Waals surface area contributed by atoms with Crippen LogP contribution in [0.1, 0.15) is 22.3 Å². The van der Waals surface area contributed by atoms with Crippen LogP contribution in [0.15, 0.2) is 146 Å². The second-order valence-corrected chi connectivity index (χ2v) is 10.6. The van der Waals surface area contributed by atoms with Gasteiger partial charge in [-0.25, -0.2) is 0 Å². The monoisotopic (exact) mass is 574 g/mol. The molecule has 4 nitrogen and oxygen atoms in total. The van der Waals surface area contributed by atoms with Crippen molar-refractivity contribution in [3.05, 3.63) is 168 Å². The third-order valence-corrected chi connectivity index (χ3v) is 7.84. The van der Waals surface area contributed by atoms with Gasteiger partial charge in [0.1, 0.15) is 11.5 Å². The number of nitrogens with two attached hydrogens (primary N) is 2. The zero-order valence-electron chi connectivity index (χ0n) is 24.8. The van der Waals surface area contributed by atoms with Crippen molar-refractivity contribution in [1.29, 1.82) is 0 Å². The smallest absolute Gasteiger partial charge is 0.118 e. The zero-order chi connectivity index (χ0) is 30.5. The molecule has 6 rings (SSSR count). The van der Waals surface area contributed by atoms with Crippen molar-refractivity contribution in [3.8, 4) is 33.8 Å². The zero-order valence-corrected chi connectivity index (χ0v) is 24.8. The first-order chi connectivity index (χ1) is 21.5. The Kier molecular flexibility index (Phi) is 8.15. The van der Waals surface area contributed by atoms with Crippen molar-refractivity contribution in [1.82, 2.24) is 0 Å². The van der Waals surface area contributed by atoms with E-state index in [0.717, 1.165) is 78.5 Å². The molecule has 0 radical (unpaired) electrons. The number of anilines is 2. The van der Waals surface area contributed by atoms with Crippen LogP contribution < -0.4 is 20.9 Å². The van der Waals surface area contributed by atoms with Crippen LogP contribution >= 0.6 is 0 Å². The topological polar surface area (TPSA) is 70.5 Å². The van der Waals surface area contributed by atoms with E-state index in [4.69, 9.17) is 20.9 Å². The maximum Gasteiger partial charge on any atom is 0.118 e. The highest BCUT2D eigenvalue weighted by Crippen LogP contribution is 2.39. The van der Waals surface area contributed by atoms with E-state index in [1.165, 1.54) is 0 Å². The summed E-state index contributed by atoms with van der Waals surface area (Å²) < 4.78 is 11.0. The molecule has 4 N–H and O–H groups in total. The molecule has 4 heteroatoms. The molecule has 44 heavy (non-hydrogen) atoms. The summed E-state index contributed by atoms with van der Waals surface area (Å²) in [5, 5.41) is 0. The largest absolute Gasteiger partial charge is 0.497 e. The van der Waals surface area contributed by atoms with Gasteiger partial charge in [0.2, 0.25) is 0 Å². The minimum atomic E-state index is 0.752. The van der Waals surface area contributed by atoms with Gasteiger partial charge in [-0.3, -0.25) is 0 Å². The highest BCUT2D eigenvalue weighted by Gasteiger charge is 2.17. The molecule has 0 aliphatic carbocycles. The van der Waals surface area contributed by atoms with Crippen LogP contribution in [0.25, 0.3) is 33.4 Å². The summed E-state index contributed by atoms with van der Waals surface area (Å²) in [7, 11) is 3.37. The fourth-order valence-electron chi connectivity index (χ4n) is 5.44. The van der Waals surface area contributed by atoms with Crippen molar-refractivity contribution >= 4 is 22.5 Å². The van der Waals surface area contributed by atoms with E-state index in [-0.39, 0.29) is 0 Å². The normalized spacial score (nSPS) is 10.7. The van der Waals surface area contributed by atoms with Crippen LogP contribution in [0.2, 0.25) is 0 Å². The van der Waals surface area contributed by atoms with E-state index in [0.29, 0.717) is 0 Å². The Morgan fingerprint density at radius 2 is 0.568 bits per heavy atom. The molecule has 0 heterocycles. The van der Waals surface area contributed by atoms with Crippen LogP contribution in [-0.2, 0) is 0 Å². The molecular weight excluding hydrogens is 540 g/mol. The van der Waals surface area contributed by atoms with Crippen LogP contribution in [-0.4, -0.2) is 14.2 Å². The van der Waals surface area contributed by atoms with Gasteiger partial charge in [0, 0.05) is 11.4 Å². The molecule has 0 atom stereocenters. The summed E-state index contributed by atoms with van der Waals surface area (Å²) in [5.41, 5.74) is 24.5. The predicted molar refractivity (Wildman–Crippen MR) is 184 cm³/mol. The Hall–Kier alpha value is -5.74. The van der Waals surface area contributed by atoms with Gasteiger partial charge in [0.25, 0.3) is 0 Å². The molecule has 0 amide bonds. The Balaban J connectivity index is 1.56. The maximum atomic E-state index is 5.94. The molecule has 0 bridgehead atoms. The fraction of sp³-hybridized carbons (Fsp3) is 0.0500. The van der Waals surface area contributed by atoms with Gasteiger partial charge in [0.15, 0.2) is 0 Å². The second kappa shape index (κ2) is 12.6. The number of ether oxygens (including phenoxy) is 2. The lowest BCUT2D eigenvalue weighted by Gasteiger charge is -2.19. The van der Waals surface area contributed by atoms with E-state index in [9.17, 15) is 0 Å². The molecule has 6 aromatic carbocycles. The van der Waals surface area contributed by atoms with Crippen LogP contribution in [0.4, 0.5) is 11.4 Å². The summed E-state index contributed by atoms with van der Waals surface area (Å²) >= 11 is 0. The molecule has 0 saturated carbocycles. The quantitative estimate of drug-likeness (QED) is 0.140.